The molecule has 0 amide bonds. The SMILES string of the molecule is COc1ccc(Cl)cc1C(=O)CSc1ccccc1. The topological polar surface area (TPSA) is 26.3 Å². The van der Waals surface area contributed by atoms with E-state index in [9.17, 15) is 4.79 Å². The molecule has 0 heterocycles. The maximum absolute atomic E-state index is 12.2. The molecule has 2 rings (SSSR count). The fraction of sp³-hybridized carbons (Fsp3) is 0.133. The van der Waals surface area contributed by atoms with Crippen molar-refractivity contribution in [2.24, 2.45) is 0 Å². The van der Waals surface area contributed by atoms with Gasteiger partial charge in [0.2, 0.25) is 0 Å². The summed E-state index contributed by atoms with van der Waals surface area (Å²) in [5.74, 6) is 0.928. The van der Waals surface area contributed by atoms with Crippen LogP contribution in [0.5, 0.6) is 5.75 Å². The Morgan fingerprint density at radius 2 is 1.95 bits per heavy atom. The van der Waals surface area contributed by atoms with Gasteiger partial charge in [0.25, 0.3) is 0 Å². The van der Waals surface area contributed by atoms with E-state index in [0.29, 0.717) is 22.1 Å². The second-order valence-electron chi connectivity index (χ2n) is 3.87. The van der Waals surface area contributed by atoms with E-state index in [1.54, 1.807) is 25.3 Å². The number of ketones is 1. The van der Waals surface area contributed by atoms with Crippen LogP contribution in [0.2, 0.25) is 5.02 Å². The van der Waals surface area contributed by atoms with Crippen molar-refractivity contribution in [2.75, 3.05) is 12.9 Å². The molecule has 0 aliphatic heterocycles. The highest BCUT2D eigenvalue weighted by molar-refractivity contribution is 8.00. The molecule has 2 aromatic rings. The molecular formula is C15H13ClO2S. The third-order valence-electron chi connectivity index (χ3n) is 2.58. The number of methoxy groups -OCH3 is 1. The average Bonchev–Trinajstić information content (AvgIpc) is 2.46. The van der Waals surface area contributed by atoms with E-state index in [2.05, 4.69) is 0 Å². The van der Waals surface area contributed by atoms with Crippen LogP contribution in [0.1, 0.15) is 10.4 Å². The molecule has 2 nitrogen and oxygen atoms in total. The molecule has 0 N–H and O–H groups in total. The molecule has 0 aromatic heterocycles. The number of carbonyl (C=O) groups is 1. The van der Waals surface area contributed by atoms with Crippen molar-refractivity contribution in [1.29, 1.82) is 0 Å². The lowest BCUT2D eigenvalue weighted by molar-refractivity contribution is 0.101. The maximum Gasteiger partial charge on any atom is 0.176 e. The largest absolute Gasteiger partial charge is 0.496 e. The van der Waals surface area contributed by atoms with Crippen molar-refractivity contribution in [3.63, 3.8) is 0 Å². The standard InChI is InChI=1S/C15H13ClO2S/c1-18-15-8-7-11(16)9-13(15)14(17)10-19-12-5-3-2-4-6-12/h2-9H,10H2,1H3. The van der Waals surface area contributed by atoms with Gasteiger partial charge in [-0.05, 0) is 30.3 Å². The normalized spacial score (nSPS) is 10.2. The third kappa shape index (κ3) is 3.75. The zero-order valence-electron chi connectivity index (χ0n) is 10.4. The van der Waals surface area contributed by atoms with Crippen LogP contribution in [-0.4, -0.2) is 18.6 Å². The van der Waals surface area contributed by atoms with Gasteiger partial charge >= 0.3 is 0 Å². The maximum atomic E-state index is 12.2. The van der Waals surface area contributed by atoms with Crippen LogP contribution in [0.3, 0.4) is 0 Å². The molecular weight excluding hydrogens is 280 g/mol. The summed E-state index contributed by atoms with van der Waals surface area (Å²) in [5, 5.41) is 0.536. The van der Waals surface area contributed by atoms with Gasteiger partial charge in [-0.15, -0.1) is 11.8 Å². The van der Waals surface area contributed by atoms with Gasteiger partial charge in [0, 0.05) is 9.92 Å². The Bertz CT molecular complexity index is 570. The molecule has 0 saturated carbocycles. The minimum atomic E-state index is 0.00760. The smallest absolute Gasteiger partial charge is 0.176 e. The summed E-state index contributed by atoms with van der Waals surface area (Å²) in [6.45, 7) is 0. The number of hydrogen-bond acceptors (Lipinski definition) is 3. The Kier molecular flexibility index (Phi) is 4.88. The molecule has 0 unspecified atom stereocenters. The monoisotopic (exact) mass is 292 g/mol. The van der Waals surface area contributed by atoms with E-state index < -0.39 is 0 Å². The first-order valence-corrected chi connectivity index (χ1v) is 7.11. The van der Waals surface area contributed by atoms with Gasteiger partial charge in [0.1, 0.15) is 5.75 Å². The quantitative estimate of drug-likeness (QED) is 0.606. The van der Waals surface area contributed by atoms with Crippen LogP contribution in [0.25, 0.3) is 0 Å². The second kappa shape index (κ2) is 6.64. The summed E-state index contributed by atoms with van der Waals surface area (Å²) in [4.78, 5) is 13.3. The minimum Gasteiger partial charge on any atom is -0.496 e. The Hall–Kier alpha value is -1.45. The van der Waals surface area contributed by atoms with Gasteiger partial charge in [-0.2, -0.15) is 0 Å². The fourth-order valence-electron chi connectivity index (χ4n) is 1.64. The van der Waals surface area contributed by atoms with Gasteiger partial charge in [0.15, 0.2) is 5.78 Å². The van der Waals surface area contributed by atoms with Crippen LogP contribution in [0.4, 0.5) is 0 Å². The first kappa shape index (κ1) is 14.0. The number of halogens is 1. The lowest BCUT2D eigenvalue weighted by Crippen LogP contribution is -2.05. The Balaban J connectivity index is 2.10. The number of carbonyl (C=O) groups excluding carboxylic acids is 1. The van der Waals surface area contributed by atoms with Gasteiger partial charge in [-0.25, -0.2) is 0 Å². The molecule has 0 atom stereocenters. The Morgan fingerprint density at radius 1 is 1.21 bits per heavy atom. The summed E-state index contributed by atoms with van der Waals surface area (Å²) in [5.41, 5.74) is 0.526. The highest BCUT2D eigenvalue weighted by Crippen LogP contribution is 2.25. The van der Waals surface area contributed by atoms with Crippen molar-refractivity contribution < 1.29 is 9.53 Å². The van der Waals surface area contributed by atoms with Crippen LogP contribution in [-0.2, 0) is 0 Å². The molecule has 0 radical (unpaired) electrons. The first-order valence-electron chi connectivity index (χ1n) is 5.75. The Labute approximate surface area is 121 Å². The molecule has 0 bridgehead atoms. The molecule has 0 spiro atoms. The molecule has 2 aromatic carbocycles. The van der Waals surface area contributed by atoms with Crippen molar-refractivity contribution in [1.82, 2.24) is 0 Å². The summed E-state index contributed by atoms with van der Waals surface area (Å²) in [7, 11) is 1.55. The van der Waals surface area contributed by atoms with Gasteiger partial charge < -0.3 is 4.74 Å². The highest BCUT2D eigenvalue weighted by atomic mass is 35.5. The van der Waals surface area contributed by atoms with Crippen LogP contribution < -0.4 is 4.74 Å². The lowest BCUT2D eigenvalue weighted by atomic mass is 10.1. The zero-order chi connectivity index (χ0) is 13.7. The fourth-order valence-corrected chi connectivity index (χ4v) is 2.62. The second-order valence-corrected chi connectivity index (χ2v) is 5.35. The van der Waals surface area contributed by atoms with Crippen LogP contribution in [0.15, 0.2) is 53.4 Å². The van der Waals surface area contributed by atoms with Crippen molar-refractivity contribution >= 4 is 29.1 Å². The zero-order valence-corrected chi connectivity index (χ0v) is 12.0. The highest BCUT2D eigenvalue weighted by Gasteiger charge is 2.13. The number of ether oxygens (including phenoxy) is 1. The molecule has 0 saturated heterocycles. The molecule has 0 fully saturated rings. The predicted octanol–water partition coefficient (Wildman–Crippen LogP) is 4.32. The summed E-state index contributed by atoms with van der Waals surface area (Å²) in [6, 6.07) is 14.9. The van der Waals surface area contributed by atoms with E-state index in [-0.39, 0.29) is 5.78 Å². The van der Waals surface area contributed by atoms with Gasteiger partial charge in [-0.1, -0.05) is 29.8 Å². The first-order chi connectivity index (χ1) is 9.20. The predicted molar refractivity (Wildman–Crippen MR) is 79.5 cm³/mol. The lowest BCUT2D eigenvalue weighted by Gasteiger charge is -2.08. The number of Topliss-reactive ketones (excluding diaryl/α,β-unsaturated/α-hetero) is 1. The molecule has 0 aliphatic rings. The van der Waals surface area contributed by atoms with E-state index in [0.717, 1.165) is 4.90 Å². The van der Waals surface area contributed by atoms with E-state index >= 15 is 0 Å². The van der Waals surface area contributed by atoms with Gasteiger partial charge in [-0.3, -0.25) is 4.79 Å². The van der Waals surface area contributed by atoms with Crippen LogP contribution >= 0.6 is 23.4 Å². The number of hydrogen-bond donors (Lipinski definition) is 0. The van der Waals surface area contributed by atoms with Crippen LogP contribution in [0, 0.1) is 0 Å². The molecule has 98 valence electrons. The Morgan fingerprint density at radius 3 is 2.63 bits per heavy atom. The van der Waals surface area contributed by atoms with Gasteiger partial charge in [0.05, 0.1) is 18.4 Å². The molecule has 4 heteroatoms. The van der Waals surface area contributed by atoms with E-state index in [1.807, 2.05) is 30.3 Å². The van der Waals surface area contributed by atoms with Crippen molar-refractivity contribution in [2.45, 2.75) is 4.90 Å². The summed E-state index contributed by atoms with van der Waals surface area (Å²) >= 11 is 7.42. The molecule has 0 aliphatic carbocycles. The molecule has 19 heavy (non-hydrogen) atoms. The third-order valence-corrected chi connectivity index (χ3v) is 3.82. The van der Waals surface area contributed by atoms with E-state index in [1.165, 1.54) is 11.8 Å². The minimum absolute atomic E-state index is 0.00760. The average molecular weight is 293 g/mol. The summed E-state index contributed by atoms with van der Waals surface area (Å²) in [6.07, 6.45) is 0. The number of benzene rings is 2. The van der Waals surface area contributed by atoms with Crippen molar-refractivity contribution in [3.8, 4) is 5.75 Å². The number of thioether (sulfide) groups is 1. The number of rotatable bonds is 5. The van der Waals surface area contributed by atoms with E-state index in [4.69, 9.17) is 16.3 Å². The summed E-state index contributed by atoms with van der Waals surface area (Å²) < 4.78 is 5.18. The van der Waals surface area contributed by atoms with Crippen molar-refractivity contribution in [3.05, 3.63) is 59.1 Å².